The SMILES string of the molecule is Cc1ccc(NC(C)c2ccc([N+](=O)[O-])cc2)cc1Cl. The molecule has 1 unspecified atom stereocenters. The van der Waals surface area contributed by atoms with Crippen molar-refractivity contribution in [3.05, 3.63) is 68.7 Å². The summed E-state index contributed by atoms with van der Waals surface area (Å²) < 4.78 is 0. The van der Waals surface area contributed by atoms with Crippen LogP contribution in [0.4, 0.5) is 11.4 Å². The molecule has 1 N–H and O–H groups in total. The molecular formula is C15H15ClN2O2. The number of anilines is 1. The van der Waals surface area contributed by atoms with Crippen molar-refractivity contribution in [1.29, 1.82) is 0 Å². The number of benzene rings is 2. The highest BCUT2D eigenvalue weighted by atomic mass is 35.5. The molecule has 0 saturated carbocycles. The molecule has 0 heterocycles. The summed E-state index contributed by atoms with van der Waals surface area (Å²) in [5, 5.41) is 14.7. The molecule has 0 amide bonds. The Kier molecular flexibility index (Phi) is 4.25. The normalized spacial score (nSPS) is 11.9. The van der Waals surface area contributed by atoms with Crippen molar-refractivity contribution in [1.82, 2.24) is 0 Å². The maximum Gasteiger partial charge on any atom is 0.269 e. The molecule has 0 aliphatic rings. The quantitative estimate of drug-likeness (QED) is 0.654. The van der Waals surface area contributed by atoms with Crippen molar-refractivity contribution in [2.75, 3.05) is 5.32 Å². The van der Waals surface area contributed by atoms with Crippen molar-refractivity contribution in [2.45, 2.75) is 19.9 Å². The second-order valence-electron chi connectivity index (χ2n) is 4.68. The van der Waals surface area contributed by atoms with Gasteiger partial charge in [-0.2, -0.15) is 0 Å². The van der Waals surface area contributed by atoms with Crippen LogP contribution in [0, 0.1) is 17.0 Å². The summed E-state index contributed by atoms with van der Waals surface area (Å²) in [4.78, 5) is 10.2. The lowest BCUT2D eigenvalue weighted by Gasteiger charge is -2.16. The molecule has 0 aliphatic heterocycles. The Morgan fingerprint density at radius 3 is 2.40 bits per heavy atom. The van der Waals surface area contributed by atoms with Crippen LogP contribution in [-0.4, -0.2) is 4.92 Å². The smallest absolute Gasteiger partial charge is 0.269 e. The van der Waals surface area contributed by atoms with E-state index in [2.05, 4.69) is 5.32 Å². The van der Waals surface area contributed by atoms with Gasteiger partial charge in [-0.15, -0.1) is 0 Å². The number of aryl methyl sites for hydroxylation is 1. The average molecular weight is 291 g/mol. The second kappa shape index (κ2) is 5.92. The molecule has 0 spiro atoms. The molecule has 20 heavy (non-hydrogen) atoms. The van der Waals surface area contributed by atoms with E-state index < -0.39 is 4.92 Å². The summed E-state index contributed by atoms with van der Waals surface area (Å²) in [5.74, 6) is 0. The van der Waals surface area contributed by atoms with Crippen LogP contribution in [-0.2, 0) is 0 Å². The summed E-state index contributed by atoms with van der Waals surface area (Å²) >= 11 is 6.08. The van der Waals surface area contributed by atoms with Gasteiger partial charge in [-0.25, -0.2) is 0 Å². The number of rotatable bonds is 4. The molecule has 0 bridgehead atoms. The van der Waals surface area contributed by atoms with Crippen molar-refractivity contribution in [2.24, 2.45) is 0 Å². The minimum Gasteiger partial charge on any atom is -0.378 e. The van der Waals surface area contributed by atoms with Gasteiger partial charge >= 0.3 is 0 Å². The van der Waals surface area contributed by atoms with Crippen molar-refractivity contribution >= 4 is 23.0 Å². The Morgan fingerprint density at radius 2 is 1.85 bits per heavy atom. The van der Waals surface area contributed by atoms with E-state index in [4.69, 9.17) is 11.6 Å². The highest BCUT2D eigenvalue weighted by Crippen LogP contribution is 2.25. The molecule has 2 rings (SSSR count). The first-order valence-corrected chi connectivity index (χ1v) is 6.62. The van der Waals surface area contributed by atoms with Gasteiger partial charge in [0.15, 0.2) is 0 Å². The molecule has 2 aromatic carbocycles. The maximum atomic E-state index is 10.6. The van der Waals surface area contributed by atoms with Gasteiger partial charge in [0.05, 0.1) is 4.92 Å². The minimum absolute atomic E-state index is 0.0366. The van der Waals surface area contributed by atoms with Crippen LogP contribution in [0.1, 0.15) is 24.1 Å². The number of halogens is 1. The molecule has 0 saturated heterocycles. The fourth-order valence-corrected chi connectivity index (χ4v) is 2.08. The number of nitro groups is 1. The topological polar surface area (TPSA) is 55.2 Å². The third-order valence-corrected chi connectivity index (χ3v) is 3.57. The van der Waals surface area contributed by atoms with Crippen LogP contribution >= 0.6 is 11.6 Å². The largest absolute Gasteiger partial charge is 0.378 e. The first-order chi connectivity index (χ1) is 9.47. The number of nitrogens with one attached hydrogen (secondary N) is 1. The first-order valence-electron chi connectivity index (χ1n) is 6.24. The van der Waals surface area contributed by atoms with Crippen LogP contribution in [0.2, 0.25) is 5.02 Å². The summed E-state index contributed by atoms with van der Waals surface area (Å²) in [7, 11) is 0. The molecule has 0 aromatic heterocycles. The van der Waals surface area contributed by atoms with Crippen molar-refractivity contribution < 1.29 is 4.92 Å². The van der Waals surface area contributed by atoms with Gasteiger partial charge in [0.2, 0.25) is 0 Å². The molecule has 0 aliphatic carbocycles. The van der Waals surface area contributed by atoms with Crippen LogP contribution in [0.5, 0.6) is 0 Å². The van der Waals surface area contributed by atoms with Crippen molar-refractivity contribution in [3.63, 3.8) is 0 Å². The molecule has 4 nitrogen and oxygen atoms in total. The number of hydrogen-bond acceptors (Lipinski definition) is 3. The number of hydrogen-bond donors (Lipinski definition) is 1. The van der Waals surface area contributed by atoms with Gasteiger partial charge in [-0.3, -0.25) is 10.1 Å². The van der Waals surface area contributed by atoms with Crippen LogP contribution < -0.4 is 5.32 Å². The van der Waals surface area contributed by atoms with E-state index in [1.807, 2.05) is 32.0 Å². The van der Waals surface area contributed by atoms with E-state index in [9.17, 15) is 10.1 Å². The lowest BCUT2D eigenvalue weighted by molar-refractivity contribution is -0.384. The van der Waals surface area contributed by atoms with Gasteiger partial charge < -0.3 is 5.32 Å². The van der Waals surface area contributed by atoms with E-state index in [1.54, 1.807) is 12.1 Å². The maximum absolute atomic E-state index is 10.6. The van der Waals surface area contributed by atoms with E-state index >= 15 is 0 Å². The van der Waals surface area contributed by atoms with Gasteiger partial charge in [0.25, 0.3) is 5.69 Å². The van der Waals surface area contributed by atoms with E-state index in [0.29, 0.717) is 5.02 Å². The molecule has 0 fully saturated rings. The Labute approximate surface area is 122 Å². The third kappa shape index (κ3) is 3.27. The third-order valence-electron chi connectivity index (χ3n) is 3.16. The van der Waals surface area contributed by atoms with E-state index in [1.165, 1.54) is 12.1 Å². The summed E-state index contributed by atoms with van der Waals surface area (Å²) in [6.45, 7) is 3.95. The summed E-state index contributed by atoms with van der Waals surface area (Å²) in [6, 6.07) is 12.4. The predicted molar refractivity (Wildman–Crippen MR) is 81.3 cm³/mol. The van der Waals surface area contributed by atoms with Crippen LogP contribution in [0.25, 0.3) is 0 Å². The molecule has 104 valence electrons. The van der Waals surface area contributed by atoms with Crippen LogP contribution in [0.15, 0.2) is 42.5 Å². The van der Waals surface area contributed by atoms with Gasteiger partial charge in [0.1, 0.15) is 0 Å². The fourth-order valence-electron chi connectivity index (χ4n) is 1.90. The number of non-ortho nitro benzene ring substituents is 1. The summed E-state index contributed by atoms with van der Waals surface area (Å²) in [5.41, 5.74) is 3.03. The number of nitro benzene ring substituents is 1. The predicted octanol–water partition coefficient (Wildman–Crippen LogP) is 4.73. The highest BCUT2D eigenvalue weighted by Gasteiger charge is 2.09. The lowest BCUT2D eigenvalue weighted by atomic mass is 10.1. The van der Waals surface area contributed by atoms with Gasteiger partial charge in [-0.05, 0) is 37.1 Å². The Balaban J connectivity index is 2.12. The lowest BCUT2D eigenvalue weighted by Crippen LogP contribution is -2.06. The van der Waals surface area contributed by atoms with Crippen molar-refractivity contribution in [3.8, 4) is 0 Å². The Bertz CT molecular complexity index is 626. The monoisotopic (exact) mass is 290 g/mol. The highest BCUT2D eigenvalue weighted by molar-refractivity contribution is 6.31. The standard InChI is InChI=1S/C15H15ClN2O2/c1-10-3-6-13(9-15(10)16)17-11(2)12-4-7-14(8-5-12)18(19)20/h3-9,11,17H,1-2H3. The average Bonchev–Trinajstić information content (AvgIpc) is 2.43. The van der Waals surface area contributed by atoms with Gasteiger partial charge in [-0.1, -0.05) is 29.8 Å². The van der Waals surface area contributed by atoms with Crippen LogP contribution in [0.3, 0.4) is 0 Å². The Hall–Kier alpha value is -2.07. The van der Waals surface area contributed by atoms with E-state index in [-0.39, 0.29) is 11.7 Å². The second-order valence-corrected chi connectivity index (χ2v) is 5.09. The molecule has 2 aromatic rings. The molecule has 1 atom stereocenters. The summed E-state index contributed by atoms with van der Waals surface area (Å²) in [6.07, 6.45) is 0. The minimum atomic E-state index is -0.401. The first kappa shape index (κ1) is 14.3. The number of nitrogens with zero attached hydrogens (tertiary/aromatic N) is 1. The molecular weight excluding hydrogens is 276 g/mol. The molecule has 0 radical (unpaired) electrons. The van der Waals surface area contributed by atoms with E-state index in [0.717, 1.165) is 16.8 Å². The van der Waals surface area contributed by atoms with Gasteiger partial charge in [0, 0.05) is 28.9 Å². The fraction of sp³-hybridized carbons (Fsp3) is 0.200. The zero-order valence-corrected chi connectivity index (χ0v) is 12.0. The Morgan fingerprint density at radius 1 is 1.20 bits per heavy atom. The zero-order valence-electron chi connectivity index (χ0n) is 11.3. The zero-order chi connectivity index (χ0) is 14.7. The molecule has 5 heteroatoms.